The largest absolute Gasteiger partial charge is 0.355 e. The average Bonchev–Trinajstić information content (AvgIpc) is 2.28. The Morgan fingerprint density at radius 2 is 2.33 bits per heavy atom. The van der Waals surface area contributed by atoms with Crippen LogP contribution in [0.4, 0.5) is 0 Å². The molecule has 0 radical (unpaired) electrons. The molecule has 0 aromatic heterocycles. The normalized spacial score (nSPS) is 23.6. The second-order valence-corrected chi connectivity index (χ2v) is 2.85. The molecule has 1 rings (SSSR count). The number of hydrogen-bond acceptors (Lipinski definition) is 2. The first-order chi connectivity index (χ1) is 5.75. The predicted octanol–water partition coefficient (Wildman–Crippen LogP) is 0.105. The number of terminal acetylenes is 1. The number of ketones is 1. The van der Waals surface area contributed by atoms with Crippen molar-refractivity contribution in [3.05, 3.63) is 0 Å². The van der Waals surface area contributed by atoms with Crippen molar-refractivity contribution >= 4 is 11.7 Å². The summed E-state index contributed by atoms with van der Waals surface area (Å²) in [6, 6.07) is 0. The summed E-state index contributed by atoms with van der Waals surface area (Å²) in [5.74, 6) is 0.787. The molecule has 3 nitrogen and oxygen atoms in total. The highest BCUT2D eigenvalue weighted by atomic mass is 16.2. The van der Waals surface area contributed by atoms with Gasteiger partial charge in [0.25, 0.3) is 0 Å². The van der Waals surface area contributed by atoms with Crippen LogP contribution in [-0.4, -0.2) is 18.2 Å². The molecule has 1 aliphatic heterocycles. The average molecular weight is 165 g/mol. The van der Waals surface area contributed by atoms with Crippen molar-refractivity contribution in [3.8, 4) is 12.3 Å². The number of rotatable bonds is 1. The van der Waals surface area contributed by atoms with Gasteiger partial charge in [0, 0.05) is 6.54 Å². The van der Waals surface area contributed by atoms with Gasteiger partial charge in [-0.3, -0.25) is 9.59 Å². The summed E-state index contributed by atoms with van der Waals surface area (Å²) in [5, 5.41) is 2.65. The molecule has 0 aliphatic carbocycles. The minimum absolute atomic E-state index is 0.213. The first kappa shape index (κ1) is 8.79. The molecule has 1 heterocycles. The van der Waals surface area contributed by atoms with Crippen LogP contribution in [0.2, 0.25) is 0 Å². The first-order valence-corrected chi connectivity index (χ1v) is 4.04. The van der Waals surface area contributed by atoms with E-state index in [2.05, 4.69) is 5.32 Å². The van der Waals surface area contributed by atoms with Crippen molar-refractivity contribution < 1.29 is 9.59 Å². The lowest BCUT2D eigenvalue weighted by molar-refractivity contribution is -0.131. The highest BCUT2D eigenvalue weighted by Gasteiger charge is 2.25. The standard InChI is InChI=1S/C9H11NO2/c1-2-8(11)7-5-3-4-6-10-9(7)12/h1,7H,3-6H2,(H,10,12). The lowest BCUT2D eigenvalue weighted by atomic mass is 9.98. The number of carbonyl (C=O) groups excluding carboxylic acids is 2. The van der Waals surface area contributed by atoms with Gasteiger partial charge in [0.15, 0.2) is 0 Å². The third kappa shape index (κ3) is 1.85. The van der Waals surface area contributed by atoms with E-state index < -0.39 is 11.7 Å². The summed E-state index contributed by atoms with van der Waals surface area (Å²) in [4.78, 5) is 22.2. The molecular formula is C9H11NO2. The molecule has 0 bridgehead atoms. The van der Waals surface area contributed by atoms with Gasteiger partial charge in [0.2, 0.25) is 11.7 Å². The van der Waals surface area contributed by atoms with Crippen LogP contribution >= 0.6 is 0 Å². The van der Waals surface area contributed by atoms with Crippen LogP contribution in [0.1, 0.15) is 19.3 Å². The monoisotopic (exact) mass is 165 g/mol. The molecule has 1 atom stereocenters. The fourth-order valence-electron chi connectivity index (χ4n) is 1.29. The number of hydrogen-bond donors (Lipinski definition) is 1. The Morgan fingerprint density at radius 3 is 3.00 bits per heavy atom. The van der Waals surface area contributed by atoms with Crippen LogP contribution in [0.25, 0.3) is 0 Å². The molecule has 64 valence electrons. The second kappa shape index (κ2) is 3.91. The molecule has 12 heavy (non-hydrogen) atoms. The topological polar surface area (TPSA) is 46.2 Å². The molecule has 1 saturated heterocycles. The molecule has 1 aliphatic rings. The van der Waals surface area contributed by atoms with Crippen LogP contribution in [0.5, 0.6) is 0 Å². The summed E-state index contributed by atoms with van der Waals surface area (Å²) >= 11 is 0. The van der Waals surface area contributed by atoms with E-state index in [1.54, 1.807) is 0 Å². The van der Waals surface area contributed by atoms with Gasteiger partial charge < -0.3 is 5.32 Å². The number of nitrogens with one attached hydrogen (secondary N) is 1. The highest BCUT2D eigenvalue weighted by molar-refractivity contribution is 6.09. The maximum Gasteiger partial charge on any atom is 0.231 e. The minimum atomic E-state index is -0.600. The Morgan fingerprint density at radius 1 is 1.58 bits per heavy atom. The van der Waals surface area contributed by atoms with Gasteiger partial charge in [0.1, 0.15) is 5.92 Å². The molecular weight excluding hydrogens is 154 g/mol. The van der Waals surface area contributed by atoms with E-state index in [4.69, 9.17) is 6.42 Å². The van der Waals surface area contributed by atoms with Gasteiger partial charge in [-0.25, -0.2) is 0 Å². The van der Waals surface area contributed by atoms with Gasteiger partial charge in [-0.1, -0.05) is 6.42 Å². The third-order valence-corrected chi connectivity index (χ3v) is 1.99. The minimum Gasteiger partial charge on any atom is -0.355 e. The summed E-state index contributed by atoms with van der Waals surface area (Å²) in [6.07, 6.45) is 7.35. The summed E-state index contributed by atoms with van der Waals surface area (Å²) in [5.41, 5.74) is 0. The van der Waals surface area contributed by atoms with E-state index in [0.717, 1.165) is 12.8 Å². The Balaban J connectivity index is 2.67. The molecule has 1 unspecified atom stereocenters. The zero-order valence-corrected chi connectivity index (χ0v) is 6.80. The summed E-state index contributed by atoms with van der Waals surface area (Å²) in [6.45, 7) is 0.660. The van der Waals surface area contributed by atoms with E-state index in [-0.39, 0.29) is 5.91 Å². The third-order valence-electron chi connectivity index (χ3n) is 1.99. The number of carbonyl (C=O) groups is 2. The van der Waals surface area contributed by atoms with Gasteiger partial charge in [-0.2, -0.15) is 0 Å². The SMILES string of the molecule is C#CC(=O)C1CCCCNC1=O. The van der Waals surface area contributed by atoms with Crippen LogP contribution in [-0.2, 0) is 9.59 Å². The molecule has 1 N–H and O–H groups in total. The molecule has 0 saturated carbocycles. The molecule has 1 fully saturated rings. The van der Waals surface area contributed by atoms with E-state index in [0.29, 0.717) is 13.0 Å². The van der Waals surface area contributed by atoms with Gasteiger partial charge >= 0.3 is 0 Å². The van der Waals surface area contributed by atoms with Crippen molar-refractivity contribution in [3.63, 3.8) is 0 Å². The zero-order valence-electron chi connectivity index (χ0n) is 6.80. The number of amides is 1. The summed E-state index contributed by atoms with van der Waals surface area (Å²) in [7, 11) is 0. The lowest BCUT2D eigenvalue weighted by Crippen LogP contribution is -2.33. The van der Waals surface area contributed by atoms with E-state index in [9.17, 15) is 9.59 Å². The first-order valence-electron chi connectivity index (χ1n) is 4.04. The Kier molecular flexibility index (Phi) is 2.87. The van der Waals surface area contributed by atoms with Crippen LogP contribution < -0.4 is 5.32 Å². The van der Waals surface area contributed by atoms with Crippen molar-refractivity contribution in [2.75, 3.05) is 6.54 Å². The highest BCUT2D eigenvalue weighted by Crippen LogP contribution is 2.12. The van der Waals surface area contributed by atoms with Crippen molar-refractivity contribution in [1.82, 2.24) is 5.32 Å². The fourth-order valence-corrected chi connectivity index (χ4v) is 1.29. The smallest absolute Gasteiger partial charge is 0.231 e. The van der Waals surface area contributed by atoms with E-state index in [1.165, 1.54) is 0 Å². The van der Waals surface area contributed by atoms with Gasteiger partial charge in [-0.15, -0.1) is 6.42 Å². The van der Waals surface area contributed by atoms with Crippen LogP contribution in [0.15, 0.2) is 0 Å². The lowest BCUT2D eigenvalue weighted by Gasteiger charge is -2.06. The molecule has 0 aromatic rings. The van der Waals surface area contributed by atoms with Crippen LogP contribution in [0, 0.1) is 18.3 Å². The molecule has 0 aromatic carbocycles. The number of Topliss-reactive ketones (excluding diaryl/α,β-unsaturated/α-hetero) is 1. The Bertz CT molecular complexity index is 239. The summed E-state index contributed by atoms with van der Waals surface area (Å²) < 4.78 is 0. The zero-order chi connectivity index (χ0) is 8.97. The second-order valence-electron chi connectivity index (χ2n) is 2.85. The molecule has 1 amide bonds. The van der Waals surface area contributed by atoms with Gasteiger partial charge in [0.05, 0.1) is 0 Å². The maximum atomic E-state index is 11.2. The Hall–Kier alpha value is -1.30. The maximum absolute atomic E-state index is 11.2. The fraction of sp³-hybridized carbons (Fsp3) is 0.556. The predicted molar refractivity (Wildman–Crippen MR) is 44.2 cm³/mol. The van der Waals surface area contributed by atoms with Crippen molar-refractivity contribution in [1.29, 1.82) is 0 Å². The van der Waals surface area contributed by atoms with Crippen LogP contribution in [0.3, 0.4) is 0 Å². The van der Waals surface area contributed by atoms with E-state index in [1.807, 2.05) is 5.92 Å². The van der Waals surface area contributed by atoms with E-state index >= 15 is 0 Å². The molecule has 3 heteroatoms. The quantitative estimate of drug-likeness (QED) is 0.340. The van der Waals surface area contributed by atoms with Gasteiger partial charge in [-0.05, 0) is 18.8 Å². The van der Waals surface area contributed by atoms with Crippen molar-refractivity contribution in [2.24, 2.45) is 5.92 Å². The molecule has 0 spiro atoms. The Labute approximate surface area is 71.5 Å². The van der Waals surface area contributed by atoms with Crippen molar-refractivity contribution in [2.45, 2.75) is 19.3 Å².